The predicted molar refractivity (Wildman–Crippen MR) is 69.1 cm³/mol. The second-order valence-electron chi connectivity index (χ2n) is 5.37. The second-order valence-corrected chi connectivity index (χ2v) is 5.37. The van der Waals surface area contributed by atoms with Gasteiger partial charge in [0.05, 0.1) is 25.0 Å². The van der Waals surface area contributed by atoms with Crippen LogP contribution in [-0.4, -0.2) is 29.9 Å². The maximum Gasteiger partial charge on any atom is 0.224 e. The Morgan fingerprint density at radius 1 is 1.22 bits per heavy atom. The van der Waals surface area contributed by atoms with Crippen molar-refractivity contribution in [2.75, 3.05) is 13.1 Å². The van der Waals surface area contributed by atoms with Gasteiger partial charge in [0.25, 0.3) is 0 Å². The molecule has 0 aromatic carbocycles. The fourth-order valence-electron chi connectivity index (χ4n) is 1.35. The van der Waals surface area contributed by atoms with E-state index in [4.69, 9.17) is 16.3 Å². The van der Waals surface area contributed by atoms with Gasteiger partial charge in [-0.3, -0.25) is 4.79 Å². The lowest BCUT2D eigenvalue weighted by Gasteiger charge is -2.29. The molecule has 18 heavy (non-hydrogen) atoms. The Hall–Kier alpha value is -1.59. The Bertz CT molecular complexity index is 327. The summed E-state index contributed by atoms with van der Waals surface area (Å²) < 4.78 is 0. The Morgan fingerprint density at radius 3 is 2.00 bits per heavy atom. The van der Waals surface area contributed by atoms with Crippen molar-refractivity contribution in [1.29, 1.82) is 10.5 Å². The summed E-state index contributed by atoms with van der Waals surface area (Å²) in [7, 11) is 0. The third-order valence-corrected chi connectivity index (χ3v) is 2.85. The first kappa shape index (κ1) is 16.4. The highest BCUT2D eigenvalue weighted by molar-refractivity contribution is 5.77. The number of carbonyl (C=O) groups is 1. The van der Waals surface area contributed by atoms with E-state index in [0.29, 0.717) is 13.1 Å². The van der Waals surface area contributed by atoms with Crippen LogP contribution >= 0.6 is 0 Å². The zero-order valence-corrected chi connectivity index (χ0v) is 11.4. The van der Waals surface area contributed by atoms with Crippen LogP contribution in [-0.2, 0) is 4.79 Å². The average Bonchev–Trinajstić information content (AvgIpc) is 2.27. The summed E-state index contributed by atoms with van der Waals surface area (Å²) in [5, 5.41) is 17.1. The minimum absolute atomic E-state index is 0.0806. The molecule has 0 heterocycles. The summed E-state index contributed by atoms with van der Waals surface area (Å²) >= 11 is 0. The lowest BCUT2D eigenvalue weighted by molar-refractivity contribution is -0.132. The van der Waals surface area contributed by atoms with Crippen molar-refractivity contribution in [2.45, 2.75) is 46.1 Å². The molecule has 0 fully saturated rings. The zero-order valence-electron chi connectivity index (χ0n) is 11.4. The van der Waals surface area contributed by atoms with Gasteiger partial charge < -0.3 is 10.6 Å². The summed E-state index contributed by atoms with van der Waals surface area (Å²) in [5.74, 6) is -0.0806. The molecule has 0 aromatic rings. The number of nitrogens with two attached hydrogens (primary N) is 1. The highest BCUT2D eigenvalue weighted by Gasteiger charge is 2.25. The topological polar surface area (TPSA) is 93.9 Å². The Morgan fingerprint density at radius 2 is 1.67 bits per heavy atom. The molecule has 0 radical (unpaired) electrons. The van der Waals surface area contributed by atoms with E-state index in [1.165, 1.54) is 0 Å². The van der Waals surface area contributed by atoms with Gasteiger partial charge in [0.2, 0.25) is 5.91 Å². The number of rotatable bonds is 6. The number of hydrogen-bond donors (Lipinski definition) is 1. The molecule has 2 N–H and O–H groups in total. The second kappa shape index (κ2) is 7.68. The van der Waals surface area contributed by atoms with Crippen LogP contribution in [0.25, 0.3) is 0 Å². The molecule has 0 saturated heterocycles. The van der Waals surface area contributed by atoms with E-state index < -0.39 is 0 Å². The van der Waals surface area contributed by atoms with Crippen LogP contribution in [0.5, 0.6) is 0 Å². The maximum atomic E-state index is 12.0. The van der Waals surface area contributed by atoms with Crippen molar-refractivity contribution >= 4 is 5.91 Å². The first-order valence-corrected chi connectivity index (χ1v) is 6.10. The van der Waals surface area contributed by atoms with Crippen molar-refractivity contribution in [3.63, 3.8) is 0 Å². The molecular weight excluding hydrogens is 228 g/mol. The number of nitriles is 2. The SMILES string of the molecule is CC(C)(C)C(N)CC(=O)N(CCC#N)CCC#N. The molecule has 0 bridgehead atoms. The van der Waals surface area contributed by atoms with Gasteiger partial charge in [-0.25, -0.2) is 0 Å². The summed E-state index contributed by atoms with van der Waals surface area (Å²) in [6.45, 7) is 6.70. The van der Waals surface area contributed by atoms with Gasteiger partial charge in [-0.1, -0.05) is 20.8 Å². The fraction of sp³-hybridized carbons (Fsp3) is 0.769. The van der Waals surface area contributed by atoms with Gasteiger partial charge >= 0.3 is 0 Å². The summed E-state index contributed by atoms with van der Waals surface area (Å²) in [4.78, 5) is 13.6. The van der Waals surface area contributed by atoms with Gasteiger partial charge in [0, 0.05) is 25.6 Å². The maximum absolute atomic E-state index is 12.0. The molecule has 100 valence electrons. The molecule has 0 rings (SSSR count). The molecular formula is C13H22N4O. The Labute approximate surface area is 109 Å². The van der Waals surface area contributed by atoms with Crippen molar-refractivity contribution in [2.24, 2.45) is 11.1 Å². The first-order chi connectivity index (χ1) is 8.32. The van der Waals surface area contributed by atoms with Gasteiger partial charge in [-0.2, -0.15) is 10.5 Å². The minimum atomic E-state index is -0.225. The third kappa shape index (κ3) is 6.22. The van der Waals surface area contributed by atoms with Crippen LogP contribution in [0.15, 0.2) is 0 Å². The van der Waals surface area contributed by atoms with Crippen molar-refractivity contribution < 1.29 is 4.79 Å². The van der Waals surface area contributed by atoms with Gasteiger partial charge in [0.15, 0.2) is 0 Å². The van der Waals surface area contributed by atoms with Crippen LogP contribution < -0.4 is 5.73 Å². The Balaban J connectivity index is 4.47. The third-order valence-electron chi connectivity index (χ3n) is 2.85. The lowest BCUT2D eigenvalue weighted by Crippen LogP contribution is -2.42. The quantitative estimate of drug-likeness (QED) is 0.771. The molecule has 1 amide bonds. The number of nitrogens with zero attached hydrogens (tertiary/aromatic N) is 3. The first-order valence-electron chi connectivity index (χ1n) is 6.10. The number of carbonyl (C=O) groups excluding carboxylic acids is 1. The Kier molecular flexibility index (Phi) is 7.00. The lowest BCUT2D eigenvalue weighted by atomic mass is 9.85. The normalized spacial score (nSPS) is 12.3. The average molecular weight is 250 g/mol. The molecule has 0 aromatic heterocycles. The molecule has 5 heteroatoms. The van der Waals surface area contributed by atoms with E-state index in [1.54, 1.807) is 4.90 Å². The standard InChI is InChI=1S/C13H22N4O/c1-13(2,3)11(16)10-12(18)17(8-4-6-14)9-5-7-15/h11H,4-5,8-10,16H2,1-3H3. The summed E-state index contributed by atoms with van der Waals surface area (Å²) in [6, 6.07) is 3.78. The van der Waals surface area contributed by atoms with Crippen molar-refractivity contribution in [3.8, 4) is 12.1 Å². The fourth-order valence-corrected chi connectivity index (χ4v) is 1.35. The van der Waals surface area contributed by atoms with Crippen molar-refractivity contribution in [1.82, 2.24) is 4.90 Å². The molecule has 0 saturated carbocycles. The molecule has 0 aliphatic carbocycles. The molecule has 0 aliphatic rings. The van der Waals surface area contributed by atoms with Crippen LogP contribution in [0.4, 0.5) is 0 Å². The monoisotopic (exact) mass is 250 g/mol. The van der Waals surface area contributed by atoms with Gasteiger partial charge in [-0.05, 0) is 5.41 Å². The highest BCUT2D eigenvalue weighted by atomic mass is 16.2. The number of hydrogen-bond acceptors (Lipinski definition) is 4. The van der Waals surface area contributed by atoms with Crippen LogP contribution in [0, 0.1) is 28.1 Å². The number of amides is 1. The molecule has 5 nitrogen and oxygen atoms in total. The summed E-state index contributed by atoms with van der Waals surface area (Å²) in [5.41, 5.74) is 5.84. The molecule has 1 unspecified atom stereocenters. The molecule has 0 aliphatic heterocycles. The van der Waals surface area contributed by atoms with E-state index >= 15 is 0 Å². The molecule has 1 atom stereocenters. The minimum Gasteiger partial charge on any atom is -0.341 e. The van der Waals surface area contributed by atoms with E-state index in [1.807, 2.05) is 32.9 Å². The van der Waals surface area contributed by atoms with Gasteiger partial charge in [-0.15, -0.1) is 0 Å². The van der Waals surface area contributed by atoms with Gasteiger partial charge in [0.1, 0.15) is 0 Å². The van der Waals surface area contributed by atoms with Crippen LogP contribution in [0.3, 0.4) is 0 Å². The molecule has 0 spiro atoms. The van der Waals surface area contributed by atoms with E-state index in [-0.39, 0.29) is 36.6 Å². The summed E-state index contributed by atoms with van der Waals surface area (Å²) in [6.07, 6.45) is 0.810. The largest absolute Gasteiger partial charge is 0.341 e. The smallest absolute Gasteiger partial charge is 0.224 e. The van der Waals surface area contributed by atoms with E-state index in [0.717, 1.165) is 0 Å². The van der Waals surface area contributed by atoms with Crippen molar-refractivity contribution in [3.05, 3.63) is 0 Å². The zero-order chi connectivity index (χ0) is 14.2. The highest BCUT2D eigenvalue weighted by Crippen LogP contribution is 2.20. The van der Waals surface area contributed by atoms with E-state index in [2.05, 4.69) is 0 Å². The van der Waals surface area contributed by atoms with Crippen LogP contribution in [0.1, 0.15) is 40.0 Å². The van der Waals surface area contributed by atoms with Crippen LogP contribution in [0.2, 0.25) is 0 Å². The predicted octanol–water partition coefficient (Wildman–Crippen LogP) is 1.41. The van der Waals surface area contributed by atoms with E-state index in [9.17, 15) is 4.79 Å².